The summed E-state index contributed by atoms with van der Waals surface area (Å²) in [5.41, 5.74) is 0.918. The molecule has 82 valence electrons. The van der Waals surface area contributed by atoms with Gasteiger partial charge in [0.1, 0.15) is 6.33 Å². The van der Waals surface area contributed by atoms with Crippen LogP contribution in [0.1, 0.15) is 23.3 Å². The molecule has 1 amide bonds. The van der Waals surface area contributed by atoms with Gasteiger partial charge in [-0.15, -0.1) is 0 Å². The van der Waals surface area contributed by atoms with Gasteiger partial charge in [-0.2, -0.15) is 5.10 Å². The van der Waals surface area contributed by atoms with Gasteiger partial charge in [-0.25, -0.2) is 14.5 Å². The van der Waals surface area contributed by atoms with Crippen molar-refractivity contribution in [2.75, 3.05) is 13.1 Å². The van der Waals surface area contributed by atoms with Crippen molar-refractivity contribution >= 4 is 11.6 Å². The number of fused-ring (bicyclic) bond motifs is 1. The van der Waals surface area contributed by atoms with Gasteiger partial charge in [-0.05, 0) is 12.8 Å². The summed E-state index contributed by atoms with van der Waals surface area (Å²) >= 11 is 0. The molecule has 0 bridgehead atoms. The van der Waals surface area contributed by atoms with Crippen LogP contribution in [0.25, 0.3) is 5.65 Å². The summed E-state index contributed by atoms with van der Waals surface area (Å²) in [4.78, 5) is 22.1. The first-order valence-electron chi connectivity index (χ1n) is 5.30. The van der Waals surface area contributed by atoms with Gasteiger partial charge in [0.2, 0.25) is 0 Å². The molecule has 3 heterocycles. The van der Waals surface area contributed by atoms with Crippen LogP contribution in [0.4, 0.5) is 0 Å². The average molecular weight is 217 g/mol. The zero-order valence-corrected chi connectivity index (χ0v) is 8.70. The fraction of sp³-hybridized carbons (Fsp3) is 0.400. The highest BCUT2D eigenvalue weighted by molar-refractivity contribution is 5.97. The molecule has 0 aliphatic carbocycles. The normalized spacial score (nSPS) is 15.9. The van der Waals surface area contributed by atoms with Crippen molar-refractivity contribution in [3.63, 3.8) is 0 Å². The van der Waals surface area contributed by atoms with Crippen molar-refractivity contribution in [1.29, 1.82) is 0 Å². The highest BCUT2D eigenvalue weighted by Crippen LogP contribution is 2.13. The van der Waals surface area contributed by atoms with Gasteiger partial charge < -0.3 is 4.90 Å². The Labute approximate surface area is 91.9 Å². The molecule has 0 atom stereocenters. The second-order valence-electron chi connectivity index (χ2n) is 3.80. The minimum absolute atomic E-state index is 0.0453. The maximum atomic E-state index is 12.1. The van der Waals surface area contributed by atoms with Gasteiger partial charge in [0.25, 0.3) is 5.91 Å². The lowest BCUT2D eigenvalue weighted by Gasteiger charge is -2.14. The summed E-state index contributed by atoms with van der Waals surface area (Å²) in [6.07, 6.45) is 6.83. The molecule has 1 aliphatic rings. The van der Waals surface area contributed by atoms with E-state index in [2.05, 4.69) is 15.1 Å². The topological polar surface area (TPSA) is 63.4 Å². The number of amides is 1. The van der Waals surface area contributed by atoms with E-state index < -0.39 is 0 Å². The van der Waals surface area contributed by atoms with E-state index in [1.807, 2.05) is 4.90 Å². The van der Waals surface area contributed by atoms with Crippen LogP contribution in [0.3, 0.4) is 0 Å². The van der Waals surface area contributed by atoms with Gasteiger partial charge >= 0.3 is 0 Å². The highest BCUT2D eigenvalue weighted by atomic mass is 16.2. The Bertz CT molecular complexity index is 529. The Morgan fingerprint density at radius 1 is 1.25 bits per heavy atom. The van der Waals surface area contributed by atoms with E-state index in [1.54, 1.807) is 16.9 Å². The van der Waals surface area contributed by atoms with Gasteiger partial charge in [0.05, 0.1) is 0 Å². The molecule has 0 saturated carbocycles. The first-order chi connectivity index (χ1) is 7.86. The summed E-state index contributed by atoms with van der Waals surface area (Å²) in [7, 11) is 0. The van der Waals surface area contributed by atoms with Crippen LogP contribution in [-0.4, -0.2) is 43.5 Å². The minimum atomic E-state index is -0.0453. The number of rotatable bonds is 1. The second-order valence-corrected chi connectivity index (χ2v) is 3.80. The quantitative estimate of drug-likeness (QED) is 0.692. The summed E-state index contributed by atoms with van der Waals surface area (Å²) in [5, 5.41) is 3.98. The maximum Gasteiger partial charge on any atom is 0.276 e. The number of carbonyl (C=O) groups excluding carboxylic acids is 1. The zero-order valence-electron chi connectivity index (χ0n) is 8.70. The van der Waals surface area contributed by atoms with Crippen molar-refractivity contribution in [1.82, 2.24) is 24.5 Å². The Morgan fingerprint density at radius 2 is 2.06 bits per heavy atom. The fourth-order valence-corrected chi connectivity index (χ4v) is 1.98. The molecule has 6 nitrogen and oxygen atoms in total. The maximum absolute atomic E-state index is 12.1. The molecule has 0 aromatic carbocycles. The molecule has 2 aromatic rings. The number of nitrogens with zero attached hydrogens (tertiary/aromatic N) is 5. The molecule has 0 N–H and O–H groups in total. The molecule has 16 heavy (non-hydrogen) atoms. The molecule has 0 unspecified atom stereocenters. The van der Waals surface area contributed by atoms with E-state index in [9.17, 15) is 4.79 Å². The molecule has 0 radical (unpaired) electrons. The predicted molar refractivity (Wildman–Crippen MR) is 55.9 cm³/mol. The molecule has 2 aromatic heterocycles. The summed E-state index contributed by atoms with van der Waals surface area (Å²) < 4.78 is 1.57. The third kappa shape index (κ3) is 1.34. The molecule has 1 saturated heterocycles. The first-order valence-corrected chi connectivity index (χ1v) is 5.30. The zero-order chi connectivity index (χ0) is 11.0. The van der Waals surface area contributed by atoms with Gasteiger partial charge in [0.15, 0.2) is 11.3 Å². The molecule has 6 heteroatoms. The summed E-state index contributed by atoms with van der Waals surface area (Å²) in [6, 6.07) is 0. The lowest BCUT2D eigenvalue weighted by Crippen LogP contribution is -2.29. The number of aromatic nitrogens is 4. The Hall–Kier alpha value is -1.98. The lowest BCUT2D eigenvalue weighted by atomic mass is 10.3. The largest absolute Gasteiger partial charge is 0.337 e. The molecular weight excluding hydrogens is 206 g/mol. The summed E-state index contributed by atoms with van der Waals surface area (Å²) in [6.45, 7) is 1.63. The van der Waals surface area contributed by atoms with E-state index >= 15 is 0 Å². The number of likely N-dealkylation sites (tertiary alicyclic amines) is 1. The van der Waals surface area contributed by atoms with Crippen LogP contribution in [0.2, 0.25) is 0 Å². The Balaban J connectivity index is 2.04. The van der Waals surface area contributed by atoms with E-state index in [1.165, 1.54) is 6.33 Å². The average Bonchev–Trinajstić information content (AvgIpc) is 2.98. The minimum Gasteiger partial charge on any atom is -0.337 e. The van der Waals surface area contributed by atoms with Crippen molar-refractivity contribution < 1.29 is 4.79 Å². The lowest BCUT2D eigenvalue weighted by molar-refractivity contribution is 0.0788. The third-order valence-electron chi connectivity index (χ3n) is 2.79. The summed E-state index contributed by atoms with van der Waals surface area (Å²) in [5.74, 6) is -0.0453. The molecule has 0 spiro atoms. The van der Waals surface area contributed by atoms with Crippen molar-refractivity contribution in [3.05, 3.63) is 24.4 Å². The standard InChI is InChI=1S/C10H11N5O/c16-10(14-4-1-2-5-14)8-9-12-7-13-15(9)6-3-11-8/h3,6-7H,1-2,4-5H2. The van der Waals surface area contributed by atoms with Crippen LogP contribution < -0.4 is 0 Å². The van der Waals surface area contributed by atoms with E-state index in [0.29, 0.717) is 11.3 Å². The monoisotopic (exact) mass is 217 g/mol. The smallest absolute Gasteiger partial charge is 0.276 e. The number of hydrogen-bond donors (Lipinski definition) is 0. The SMILES string of the molecule is O=C(c1nccn2ncnc12)N1CCCC1. The third-order valence-corrected chi connectivity index (χ3v) is 2.79. The van der Waals surface area contributed by atoms with Crippen molar-refractivity contribution in [3.8, 4) is 0 Å². The van der Waals surface area contributed by atoms with Crippen molar-refractivity contribution in [2.45, 2.75) is 12.8 Å². The molecule has 1 fully saturated rings. The number of carbonyl (C=O) groups is 1. The predicted octanol–water partition coefficient (Wildman–Crippen LogP) is 0.360. The second kappa shape index (κ2) is 3.55. The molecule has 1 aliphatic heterocycles. The van der Waals surface area contributed by atoms with Gasteiger partial charge in [0, 0.05) is 25.5 Å². The Morgan fingerprint density at radius 3 is 2.88 bits per heavy atom. The van der Waals surface area contributed by atoms with Crippen LogP contribution in [0.5, 0.6) is 0 Å². The first kappa shape index (κ1) is 9.26. The fourth-order valence-electron chi connectivity index (χ4n) is 1.98. The van der Waals surface area contributed by atoms with Crippen LogP contribution >= 0.6 is 0 Å². The van der Waals surface area contributed by atoms with Gasteiger partial charge in [-0.3, -0.25) is 4.79 Å². The number of hydrogen-bond acceptors (Lipinski definition) is 4. The van der Waals surface area contributed by atoms with E-state index in [0.717, 1.165) is 25.9 Å². The van der Waals surface area contributed by atoms with Crippen molar-refractivity contribution in [2.24, 2.45) is 0 Å². The highest BCUT2D eigenvalue weighted by Gasteiger charge is 2.23. The molecule has 3 rings (SSSR count). The van der Waals surface area contributed by atoms with E-state index in [4.69, 9.17) is 0 Å². The van der Waals surface area contributed by atoms with Gasteiger partial charge in [-0.1, -0.05) is 0 Å². The Kier molecular flexibility index (Phi) is 2.05. The molecular formula is C10H11N5O. The van der Waals surface area contributed by atoms with Crippen LogP contribution in [0, 0.1) is 0 Å². The van der Waals surface area contributed by atoms with E-state index in [-0.39, 0.29) is 5.91 Å². The van der Waals surface area contributed by atoms with Crippen LogP contribution in [0.15, 0.2) is 18.7 Å². The van der Waals surface area contributed by atoms with Crippen LogP contribution in [-0.2, 0) is 0 Å².